The van der Waals surface area contributed by atoms with Crippen LogP contribution in [-0.2, 0) is 11.2 Å². The van der Waals surface area contributed by atoms with Crippen molar-refractivity contribution in [2.75, 3.05) is 0 Å². The highest BCUT2D eigenvalue weighted by Crippen LogP contribution is 2.26. The number of benzene rings is 1. The Kier molecular flexibility index (Phi) is 5.67. The molecular formula is C22H26N4O2. The van der Waals surface area contributed by atoms with Crippen molar-refractivity contribution in [3.8, 4) is 0 Å². The lowest BCUT2D eigenvalue weighted by Crippen LogP contribution is -2.54. The zero-order valence-electron chi connectivity index (χ0n) is 15.8. The summed E-state index contributed by atoms with van der Waals surface area (Å²) in [6.45, 7) is 0. The van der Waals surface area contributed by atoms with Crippen LogP contribution in [0.15, 0.2) is 54.9 Å². The van der Waals surface area contributed by atoms with Crippen molar-refractivity contribution in [1.82, 2.24) is 20.9 Å². The van der Waals surface area contributed by atoms with Gasteiger partial charge < -0.3 is 16.0 Å². The Hall–Kier alpha value is -2.73. The van der Waals surface area contributed by atoms with Crippen LogP contribution in [0, 0.1) is 0 Å². The Bertz CT molecular complexity index is 800. The molecule has 0 saturated carbocycles. The first-order chi connectivity index (χ1) is 13.7. The van der Waals surface area contributed by atoms with Crippen molar-refractivity contribution in [2.24, 2.45) is 0 Å². The lowest BCUT2D eigenvalue weighted by molar-refractivity contribution is -0.123. The van der Waals surface area contributed by atoms with Crippen LogP contribution in [0.1, 0.15) is 41.6 Å². The number of pyridine rings is 1. The Morgan fingerprint density at radius 2 is 1.82 bits per heavy atom. The number of carbonyl (C=O) groups excluding carboxylic acids is 2. The molecule has 3 heterocycles. The molecule has 2 aliphatic heterocycles. The summed E-state index contributed by atoms with van der Waals surface area (Å²) in [5.74, 6) is -0.366. The first-order valence-corrected chi connectivity index (χ1v) is 9.98. The van der Waals surface area contributed by atoms with Gasteiger partial charge in [0.25, 0.3) is 5.91 Å². The van der Waals surface area contributed by atoms with E-state index >= 15 is 0 Å². The number of carbonyl (C=O) groups is 2. The summed E-state index contributed by atoms with van der Waals surface area (Å²) in [6, 6.07) is 13.3. The van der Waals surface area contributed by atoms with Crippen LogP contribution in [0.5, 0.6) is 0 Å². The van der Waals surface area contributed by atoms with Crippen molar-refractivity contribution < 1.29 is 9.59 Å². The maximum atomic E-state index is 13.0. The molecule has 3 N–H and O–H groups in total. The SMILES string of the molecule is O=C(NC(Cc1cccnc1)C(=O)NC1CC2CCC(C1)N2)c1ccccc1. The molecule has 4 rings (SSSR count). The lowest BCUT2D eigenvalue weighted by atomic mass is 9.98. The minimum atomic E-state index is -0.635. The minimum absolute atomic E-state index is 0.126. The van der Waals surface area contributed by atoms with Crippen molar-refractivity contribution in [2.45, 2.75) is 56.3 Å². The van der Waals surface area contributed by atoms with E-state index in [-0.39, 0.29) is 17.9 Å². The number of fused-ring (bicyclic) bond motifs is 2. The third kappa shape index (κ3) is 4.57. The first-order valence-electron chi connectivity index (χ1n) is 9.98. The van der Waals surface area contributed by atoms with Crippen molar-refractivity contribution in [3.05, 3.63) is 66.0 Å². The average molecular weight is 378 g/mol. The van der Waals surface area contributed by atoms with Crippen LogP contribution >= 0.6 is 0 Å². The lowest BCUT2D eigenvalue weighted by Gasteiger charge is -2.31. The van der Waals surface area contributed by atoms with Crippen molar-refractivity contribution in [3.63, 3.8) is 0 Å². The molecule has 146 valence electrons. The van der Waals surface area contributed by atoms with Crippen LogP contribution in [0.2, 0.25) is 0 Å². The van der Waals surface area contributed by atoms with Crippen LogP contribution in [0.25, 0.3) is 0 Å². The number of rotatable bonds is 6. The summed E-state index contributed by atoms with van der Waals surface area (Å²) < 4.78 is 0. The highest BCUT2D eigenvalue weighted by Gasteiger charge is 2.35. The Morgan fingerprint density at radius 1 is 1.07 bits per heavy atom. The molecule has 2 amide bonds. The number of hydrogen-bond acceptors (Lipinski definition) is 4. The van der Waals surface area contributed by atoms with E-state index in [2.05, 4.69) is 20.9 Å². The van der Waals surface area contributed by atoms with E-state index in [0.29, 0.717) is 24.1 Å². The second-order valence-electron chi connectivity index (χ2n) is 7.77. The van der Waals surface area contributed by atoms with Gasteiger partial charge in [0.15, 0.2) is 0 Å². The number of nitrogens with one attached hydrogen (secondary N) is 3. The van der Waals surface area contributed by atoms with E-state index in [1.165, 1.54) is 12.8 Å². The molecule has 2 fully saturated rings. The predicted octanol–water partition coefficient (Wildman–Crippen LogP) is 1.82. The van der Waals surface area contributed by atoms with Gasteiger partial charge in [-0.15, -0.1) is 0 Å². The van der Waals surface area contributed by atoms with E-state index in [1.54, 1.807) is 24.5 Å². The van der Waals surface area contributed by atoms with Gasteiger partial charge in [0.1, 0.15) is 6.04 Å². The second-order valence-corrected chi connectivity index (χ2v) is 7.77. The molecule has 2 aromatic rings. The van der Waals surface area contributed by atoms with E-state index < -0.39 is 6.04 Å². The first kappa shape index (κ1) is 18.6. The number of aromatic nitrogens is 1. The van der Waals surface area contributed by atoms with Gasteiger partial charge in [-0.2, -0.15) is 0 Å². The van der Waals surface area contributed by atoms with Crippen molar-refractivity contribution >= 4 is 11.8 Å². The fourth-order valence-electron chi connectivity index (χ4n) is 4.27. The van der Waals surface area contributed by atoms with Gasteiger partial charge in [-0.25, -0.2) is 0 Å². The van der Waals surface area contributed by atoms with Gasteiger partial charge in [0, 0.05) is 42.5 Å². The number of piperidine rings is 1. The van der Waals surface area contributed by atoms with E-state index in [9.17, 15) is 9.59 Å². The molecule has 2 saturated heterocycles. The molecule has 1 aromatic carbocycles. The molecular weight excluding hydrogens is 352 g/mol. The molecule has 3 atom stereocenters. The fraction of sp³-hybridized carbons (Fsp3) is 0.409. The topological polar surface area (TPSA) is 83.1 Å². The van der Waals surface area contributed by atoms with E-state index in [1.807, 2.05) is 30.3 Å². The summed E-state index contributed by atoms with van der Waals surface area (Å²) in [4.78, 5) is 29.8. The van der Waals surface area contributed by atoms with Gasteiger partial charge in [-0.05, 0) is 49.4 Å². The molecule has 6 heteroatoms. The van der Waals surface area contributed by atoms with E-state index in [4.69, 9.17) is 0 Å². The van der Waals surface area contributed by atoms with E-state index in [0.717, 1.165) is 18.4 Å². The van der Waals surface area contributed by atoms with Gasteiger partial charge in [0.05, 0.1) is 0 Å². The predicted molar refractivity (Wildman–Crippen MR) is 107 cm³/mol. The standard InChI is InChI=1S/C22H26N4O2/c27-21(16-6-2-1-3-7-16)26-20(11-15-5-4-10-23-14-15)22(28)25-19-12-17-8-9-18(13-19)24-17/h1-7,10,14,17-20,24H,8-9,11-13H2,(H,25,28)(H,26,27). The monoisotopic (exact) mass is 378 g/mol. The molecule has 1 aromatic heterocycles. The Morgan fingerprint density at radius 3 is 2.50 bits per heavy atom. The summed E-state index contributed by atoms with van der Waals surface area (Å²) in [5.41, 5.74) is 1.47. The third-order valence-corrected chi connectivity index (χ3v) is 5.64. The zero-order valence-corrected chi connectivity index (χ0v) is 15.8. The van der Waals surface area contributed by atoms with Crippen LogP contribution in [0.4, 0.5) is 0 Å². The summed E-state index contributed by atoms with van der Waals surface area (Å²) >= 11 is 0. The van der Waals surface area contributed by atoms with Crippen molar-refractivity contribution in [1.29, 1.82) is 0 Å². The van der Waals surface area contributed by atoms with Crippen LogP contribution in [0.3, 0.4) is 0 Å². The maximum absolute atomic E-state index is 13.0. The quantitative estimate of drug-likeness (QED) is 0.716. The molecule has 0 aliphatic carbocycles. The zero-order chi connectivity index (χ0) is 19.3. The van der Waals surface area contributed by atoms with Gasteiger partial charge in [-0.3, -0.25) is 14.6 Å². The van der Waals surface area contributed by atoms with Gasteiger partial charge in [0.2, 0.25) is 5.91 Å². The van der Waals surface area contributed by atoms with Gasteiger partial charge in [-0.1, -0.05) is 24.3 Å². The minimum Gasteiger partial charge on any atom is -0.351 e. The Labute approximate surface area is 165 Å². The second kappa shape index (κ2) is 8.52. The summed E-state index contributed by atoms with van der Waals surface area (Å²) in [7, 11) is 0. The summed E-state index contributed by atoms with van der Waals surface area (Å²) in [6.07, 6.45) is 8.12. The Balaban J connectivity index is 1.45. The molecule has 0 spiro atoms. The number of nitrogens with zero attached hydrogens (tertiary/aromatic N) is 1. The normalized spacial score (nSPS) is 24.4. The molecule has 6 nitrogen and oxygen atoms in total. The van der Waals surface area contributed by atoms with Crippen LogP contribution < -0.4 is 16.0 Å². The molecule has 28 heavy (non-hydrogen) atoms. The molecule has 2 bridgehead atoms. The highest BCUT2D eigenvalue weighted by atomic mass is 16.2. The number of hydrogen-bond donors (Lipinski definition) is 3. The number of amides is 2. The largest absolute Gasteiger partial charge is 0.351 e. The average Bonchev–Trinajstić information content (AvgIpc) is 3.07. The molecule has 2 aliphatic rings. The maximum Gasteiger partial charge on any atom is 0.251 e. The highest BCUT2D eigenvalue weighted by molar-refractivity contribution is 5.97. The van der Waals surface area contributed by atoms with Gasteiger partial charge >= 0.3 is 0 Å². The molecule has 3 unspecified atom stereocenters. The fourth-order valence-corrected chi connectivity index (χ4v) is 4.27. The molecule has 0 radical (unpaired) electrons. The van der Waals surface area contributed by atoms with Crippen LogP contribution in [-0.4, -0.2) is 41.0 Å². The summed E-state index contributed by atoms with van der Waals surface area (Å²) in [5, 5.41) is 9.68. The third-order valence-electron chi connectivity index (χ3n) is 5.64. The smallest absolute Gasteiger partial charge is 0.251 e.